The monoisotopic (exact) mass is 190 g/mol. The Kier molecular flexibility index (Phi) is 3.29. The molecule has 0 saturated heterocycles. The van der Waals surface area contributed by atoms with E-state index in [1.807, 2.05) is 31.3 Å². The predicted octanol–water partition coefficient (Wildman–Crippen LogP) is 1.62. The summed E-state index contributed by atoms with van der Waals surface area (Å²) in [5.41, 5.74) is 8.68. The highest BCUT2D eigenvalue weighted by Gasteiger charge is 2.04. The highest BCUT2D eigenvalue weighted by Crippen LogP contribution is 2.21. The molecule has 0 fully saturated rings. The Balaban J connectivity index is 3.25. The average molecular weight is 190 g/mol. The van der Waals surface area contributed by atoms with Crippen LogP contribution in [0.15, 0.2) is 29.8 Å². The SMILES string of the molecule is CNc1ccccc1/C(N)=C(\C)C=O. The van der Waals surface area contributed by atoms with E-state index in [1.165, 1.54) is 0 Å². The van der Waals surface area contributed by atoms with Gasteiger partial charge in [0.15, 0.2) is 0 Å². The Hall–Kier alpha value is -1.77. The van der Waals surface area contributed by atoms with Gasteiger partial charge in [-0.25, -0.2) is 0 Å². The van der Waals surface area contributed by atoms with Crippen molar-refractivity contribution in [3.8, 4) is 0 Å². The lowest BCUT2D eigenvalue weighted by molar-refractivity contribution is -0.104. The first kappa shape index (κ1) is 10.3. The number of anilines is 1. The molecule has 1 aromatic carbocycles. The van der Waals surface area contributed by atoms with Crippen LogP contribution in [0, 0.1) is 0 Å². The van der Waals surface area contributed by atoms with Gasteiger partial charge in [0.25, 0.3) is 0 Å². The van der Waals surface area contributed by atoms with E-state index in [-0.39, 0.29) is 0 Å². The van der Waals surface area contributed by atoms with Gasteiger partial charge < -0.3 is 11.1 Å². The summed E-state index contributed by atoms with van der Waals surface area (Å²) in [5.74, 6) is 0. The first-order valence-corrected chi connectivity index (χ1v) is 4.39. The molecule has 0 aliphatic rings. The second kappa shape index (κ2) is 4.46. The number of carbonyl (C=O) groups excluding carboxylic acids is 1. The van der Waals surface area contributed by atoms with E-state index in [9.17, 15) is 4.79 Å². The molecule has 0 aliphatic carbocycles. The Morgan fingerprint density at radius 2 is 2.07 bits per heavy atom. The topological polar surface area (TPSA) is 55.1 Å². The van der Waals surface area contributed by atoms with Crippen LogP contribution >= 0.6 is 0 Å². The molecule has 1 rings (SSSR count). The number of allylic oxidation sites excluding steroid dienone is 1. The van der Waals surface area contributed by atoms with Gasteiger partial charge in [0.2, 0.25) is 0 Å². The van der Waals surface area contributed by atoms with Crippen molar-refractivity contribution in [1.82, 2.24) is 0 Å². The molecule has 0 atom stereocenters. The van der Waals surface area contributed by atoms with Crippen LogP contribution in [-0.2, 0) is 4.79 Å². The molecule has 0 saturated carbocycles. The maximum atomic E-state index is 10.6. The predicted molar refractivity (Wildman–Crippen MR) is 58.8 cm³/mol. The number of aldehydes is 1. The summed E-state index contributed by atoms with van der Waals surface area (Å²) in [6.07, 6.45) is 0.766. The lowest BCUT2D eigenvalue weighted by Gasteiger charge is -2.09. The molecule has 0 unspecified atom stereocenters. The average Bonchev–Trinajstić information content (AvgIpc) is 2.26. The zero-order valence-corrected chi connectivity index (χ0v) is 8.37. The number of nitrogens with one attached hydrogen (secondary N) is 1. The molecule has 74 valence electrons. The molecule has 0 heterocycles. The minimum absolute atomic E-state index is 0.518. The van der Waals surface area contributed by atoms with Crippen molar-refractivity contribution in [2.45, 2.75) is 6.92 Å². The van der Waals surface area contributed by atoms with Gasteiger partial charge in [0, 0.05) is 29.6 Å². The van der Waals surface area contributed by atoms with E-state index in [4.69, 9.17) is 5.73 Å². The van der Waals surface area contributed by atoms with Gasteiger partial charge >= 0.3 is 0 Å². The second-order valence-electron chi connectivity index (χ2n) is 3.01. The molecule has 0 bridgehead atoms. The fourth-order valence-corrected chi connectivity index (χ4v) is 1.21. The number of carbonyl (C=O) groups is 1. The molecule has 3 nitrogen and oxygen atoms in total. The third-order valence-electron chi connectivity index (χ3n) is 2.09. The first-order valence-electron chi connectivity index (χ1n) is 4.39. The Labute approximate surface area is 83.6 Å². The fraction of sp³-hybridized carbons (Fsp3) is 0.182. The lowest BCUT2D eigenvalue weighted by atomic mass is 10.1. The lowest BCUT2D eigenvalue weighted by Crippen LogP contribution is -2.04. The molecular formula is C11H14N2O. The third-order valence-corrected chi connectivity index (χ3v) is 2.09. The molecule has 3 N–H and O–H groups in total. The number of nitrogens with two attached hydrogens (primary N) is 1. The fourth-order valence-electron chi connectivity index (χ4n) is 1.21. The molecular weight excluding hydrogens is 176 g/mol. The Morgan fingerprint density at radius 3 is 2.64 bits per heavy atom. The summed E-state index contributed by atoms with van der Waals surface area (Å²) in [6.45, 7) is 1.70. The molecule has 0 amide bonds. The van der Waals surface area contributed by atoms with Crippen molar-refractivity contribution < 1.29 is 4.79 Å². The smallest absolute Gasteiger partial charge is 0.147 e. The summed E-state index contributed by atoms with van der Waals surface area (Å²) >= 11 is 0. The first-order chi connectivity index (χ1) is 6.70. The van der Waals surface area contributed by atoms with Crippen molar-refractivity contribution in [2.75, 3.05) is 12.4 Å². The number of hydrogen-bond acceptors (Lipinski definition) is 3. The van der Waals surface area contributed by atoms with Gasteiger partial charge in [0.05, 0.1) is 0 Å². The number of para-hydroxylation sites is 1. The van der Waals surface area contributed by atoms with Crippen molar-refractivity contribution in [3.63, 3.8) is 0 Å². The van der Waals surface area contributed by atoms with Crippen molar-refractivity contribution in [3.05, 3.63) is 35.4 Å². The number of benzene rings is 1. The van der Waals surface area contributed by atoms with Gasteiger partial charge in [-0.2, -0.15) is 0 Å². The van der Waals surface area contributed by atoms with Crippen molar-refractivity contribution >= 4 is 17.7 Å². The van der Waals surface area contributed by atoms with Gasteiger partial charge in [-0.05, 0) is 13.0 Å². The van der Waals surface area contributed by atoms with Gasteiger partial charge in [-0.1, -0.05) is 18.2 Å². The van der Waals surface area contributed by atoms with Crippen LogP contribution in [0.4, 0.5) is 5.69 Å². The second-order valence-corrected chi connectivity index (χ2v) is 3.01. The zero-order valence-electron chi connectivity index (χ0n) is 8.37. The maximum Gasteiger partial charge on any atom is 0.147 e. The maximum absolute atomic E-state index is 10.6. The summed E-state index contributed by atoms with van der Waals surface area (Å²) in [6, 6.07) is 7.61. The molecule has 14 heavy (non-hydrogen) atoms. The molecule has 0 aromatic heterocycles. The Morgan fingerprint density at radius 1 is 1.43 bits per heavy atom. The van der Waals surface area contributed by atoms with Crippen molar-refractivity contribution in [1.29, 1.82) is 0 Å². The van der Waals surface area contributed by atoms with E-state index in [0.717, 1.165) is 17.5 Å². The van der Waals surface area contributed by atoms with Crippen LogP contribution in [-0.4, -0.2) is 13.3 Å². The van der Waals surface area contributed by atoms with Crippen molar-refractivity contribution in [2.24, 2.45) is 5.73 Å². The quantitative estimate of drug-likeness (QED) is 0.562. The van der Waals surface area contributed by atoms with Crippen LogP contribution < -0.4 is 11.1 Å². The van der Waals surface area contributed by atoms with Gasteiger partial charge in [-0.15, -0.1) is 0 Å². The van der Waals surface area contributed by atoms with E-state index in [1.54, 1.807) is 6.92 Å². The number of hydrogen-bond donors (Lipinski definition) is 2. The van der Waals surface area contributed by atoms with Crippen LogP contribution in [0.2, 0.25) is 0 Å². The van der Waals surface area contributed by atoms with Crippen LogP contribution in [0.1, 0.15) is 12.5 Å². The molecule has 0 radical (unpaired) electrons. The van der Waals surface area contributed by atoms with E-state index < -0.39 is 0 Å². The minimum atomic E-state index is 0.518. The molecule has 3 heteroatoms. The highest BCUT2D eigenvalue weighted by atomic mass is 16.1. The Bertz CT molecular complexity index is 369. The molecule has 0 aliphatic heterocycles. The van der Waals surface area contributed by atoms with Crippen LogP contribution in [0.3, 0.4) is 0 Å². The summed E-state index contributed by atoms with van der Waals surface area (Å²) in [4.78, 5) is 10.6. The summed E-state index contributed by atoms with van der Waals surface area (Å²) in [5, 5.41) is 3.03. The molecule has 0 spiro atoms. The van der Waals surface area contributed by atoms with E-state index in [2.05, 4.69) is 5.32 Å². The summed E-state index contributed by atoms with van der Waals surface area (Å²) in [7, 11) is 1.82. The van der Waals surface area contributed by atoms with Gasteiger partial charge in [0.1, 0.15) is 6.29 Å². The van der Waals surface area contributed by atoms with Crippen LogP contribution in [0.25, 0.3) is 5.70 Å². The standard InChI is InChI=1S/C11H14N2O/c1-8(7-14)11(12)9-5-3-4-6-10(9)13-2/h3-7,13H,12H2,1-2H3/b11-8-. The minimum Gasteiger partial charge on any atom is -0.398 e. The highest BCUT2D eigenvalue weighted by molar-refractivity contribution is 5.89. The largest absolute Gasteiger partial charge is 0.398 e. The van der Waals surface area contributed by atoms with E-state index >= 15 is 0 Å². The normalized spacial score (nSPS) is 11.9. The zero-order chi connectivity index (χ0) is 10.6. The molecule has 1 aromatic rings. The van der Waals surface area contributed by atoms with Gasteiger partial charge in [-0.3, -0.25) is 4.79 Å². The third kappa shape index (κ3) is 1.93. The van der Waals surface area contributed by atoms with Crippen LogP contribution in [0.5, 0.6) is 0 Å². The number of rotatable bonds is 3. The van der Waals surface area contributed by atoms with E-state index in [0.29, 0.717) is 11.3 Å². The summed E-state index contributed by atoms with van der Waals surface area (Å²) < 4.78 is 0.